The Kier molecular flexibility index (Phi) is 5.45. The van der Waals surface area contributed by atoms with E-state index in [1.54, 1.807) is 0 Å². The van der Waals surface area contributed by atoms with Crippen molar-refractivity contribution in [3.05, 3.63) is 60.2 Å². The number of hydrogen-bond donors (Lipinski definition) is 0. The van der Waals surface area contributed by atoms with Crippen molar-refractivity contribution in [1.29, 1.82) is 0 Å². The molecule has 5 rings (SSSR count). The van der Waals surface area contributed by atoms with Crippen molar-refractivity contribution >= 4 is 28.3 Å². The third-order valence-corrected chi connectivity index (χ3v) is 6.64. The Balaban J connectivity index is 1.24. The topological polar surface area (TPSA) is 52.6 Å². The summed E-state index contributed by atoms with van der Waals surface area (Å²) in [6.45, 7) is 6.24. The minimum atomic E-state index is 0.108. The first-order valence-electron chi connectivity index (χ1n) is 11.3. The molecule has 3 aromatic rings. The first-order valence-corrected chi connectivity index (χ1v) is 11.3. The number of piperidine rings is 1. The van der Waals surface area contributed by atoms with Gasteiger partial charge >= 0.3 is 0 Å². The second-order valence-electron chi connectivity index (χ2n) is 8.59. The predicted molar refractivity (Wildman–Crippen MR) is 125 cm³/mol. The van der Waals surface area contributed by atoms with Crippen LogP contribution < -0.4 is 9.80 Å². The van der Waals surface area contributed by atoms with Gasteiger partial charge in [-0.25, -0.2) is 0 Å². The van der Waals surface area contributed by atoms with Crippen molar-refractivity contribution in [1.82, 2.24) is 15.1 Å². The maximum absolute atomic E-state index is 13.2. The van der Waals surface area contributed by atoms with E-state index in [4.69, 9.17) is 0 Å². The van der Waals surface area contributed by atoms with Crippen LogP contribution in [0.3, 0.4) is 0 Å². The number of benzene rings is 2. The fourth-order valence-electron chi connectivity index (χ4n) is 4.80. The first kappa shape index (κ1) is 19.8. The lowest BCUT2D eigenvalue weighted by atomic mass is 10.0. The highest BCUT2D eigenvalue weighted by atomic mass is 16.2. The number of amides is 1. The summed E-state index contributed by atoms with van der Waals surface area (Å²) in [4.78, 5) is 19.7. The molecule has 1 unspecified atom stereocenters. The van der Waals surface area contributed by atoms with E-state index in [1.807, 2.05) is 35.2 Å². The molecule has 2 aromatic carbocycles. The van der Waals surface area contributed by atoms with Crippen LogP contribution in [0, 0.1) is 0 Å². The molecule has 160 valence electrons. The van der Waals surface area contributed by atoms with E-state index in [1.165, 1.54) is 19.3 Å². The standard InChI is InChI=1S/C25H29N5O/c1-19-7-4-5-14-30(19)24-13-12-23(26-27-24)28-15-17-29(18-16-28)25(31)22-11-6-9-20-8-2-3-10-21(20)22/h2-3,6,8-13,19H,4-5,7,14-18H2,1H3. The number of fused-ring (bicyclic) bond motifs is 1. The van der Waals surface area contributed by atoms with Crippen LogP contribution in [0.4, 0.5) is 11.6 Å². The Bertz CT molecular complexity index is 1050. The predicted octanol–water partition coefficient (Wildman–Crippen LogP) is 3.97. The number of piperazine rings is 1. The molecule has 0 aliphatic carbocycles. The Hall–Kier alpha value is -3.15. The van der Waals surface area contributed by atoms with Gasteiger partial charge in [0.05, 0.1) is 0 Å². The van der Waals surface area contributed by atoms with Crippen LogP contribution in [0.1, 0.15) is 36.5 Å². The van der Waals surface area contributed by atoms with Gasteiger partial charge in [-0.15, -0.1) is 10.2 Å². The zero-order chi connectivity index (χ0) is 21.2. The number of aromatic nitrogens is 2. The summed E-state index contributed by atoms with van der Waals surface area (Å²) in [6, 6.07) is 18.7. The molecule has 0 N–H and O–H groups in total. The van der Waals surface area contributed by atoms with Crippen molar-refractivity contribution < 1.29 is 4.79 Å². The average Bonchev–Trinajstić information content (AvgIpc) is 2.84. The molecule has 2 saturated heterocycles. The lowest BCUT2D eigenvalue weighted by molar-refractivity contribution is 0.0748. The molecule has 2 aliphatic heterocycles. The molecule has 0 radical (unpaired) electrons. The summed E-state index contributed by atoms with van der Waals surface area (Å²) in [5.41, 5.74) is 0.784. The summed E-state index contributed by atoms with van der Waals surface area (Å²) in [5.74, 6) is 1.98. The summed E-state index contributed by atoms with van der Waals surface area (Å²) in [7, 11) is 0. The molecule has 1 atom stereocenters. The summed E-state index contributed by atoms with van der Waals surface area (Å²) < 4.78 is 0. The fraction of sp³-hybridized carbons (Fsp3) is 0.400. The molecule has 3 heterocycles. The van der Waals surface area contributed by atoms with E-state index in [9.17, 15) is 4.79 Å². The summed E-state index contributed by atoms with van der Waals surface area (Å²) in [5, 5.41) is 11.2. The van der Waals surface area contributed by atoms with Crippen molar-refractivity contribution in [3.63, 3.8) is 0 Å². The molecule has 0 spiro atoms. The number of carbonyl (C=O) groups excluding carboxylic acids is 1. The van der Waals surface area contributed by atoms with Gasteiger partial charge in [-0.1, -0.05) is 36.4 Å². The number of hydrogen-bond acceptors (Lipinski definition) is 5. The van der Waals surface area contributed by atoms with Gasteiger partial charge in [0, 0.05) is 44.3 Å². The summed E-state index contributed by atoms with van der Waals surface area (Å²) in [6.07, 6.45) is 3.74. The molecule has 31 heavy (non-hydrogen) atoms. The molecule has 1 amide bonds. The highest BCUT2D eigenvalue weighted by Crippen LogP contribution is 2.25. The zero-order valence-electron chi connectivity index (χ0n) is 18.1. The molecular weight excluding hydrogens is 386 g/mol. The molecule has 2 fully saturated rings. The molecule has 1 aromatic heterocycles. The van der Waals surface area contributed by atoms with E-state index < -0.39 is 0 Å². The minimum Gasteiger partial charge on any atom is -0.352 e. The number of nitrogens with zero attached hydrogens (tertiary/aromatic N) is 5. The van der Waals surface area contributed by atoms with Crippen LogP contribution in [0.15, 0.2) is 54.6 Å². The van der Waals surface area contributed by atoms with Crippen molar-refractivity contribution in [3.8, 4) is 0 Å². The van der Waals surface area contributed by atoms with E-state index in [2.05, 4.69) is 51.2 Å². The fourth-order valence-corrected chi connectivity index (χ4v) is 4.80. The normalized spacial score (nSPS) is 19.6. The van der Waals surface area contributed by atoms with E-state index in [-0.39, 0.29) is 5.91 Å². The van der Waals surface area contributed by atoms with Gasteiger partial charge in [-0.3, -0.25) is 4.79 Å². The Morgan fingerprint density at radius 1 is 0.839 bits per heavy atom. The first-order chi connectivity index (χ1) is 15.2. The number of rotatable bonds is 3. The summed E-state index contributed by atoms with van der Waals surface area (Å²) >= 11 is 0. The number of carbonyl (C=O) groups is 1. The van der Waals surface area contributed by atoms with Gasteiger partial charge in [-0.2, -0.15) is 0 Å². The Morgan fingerprint density at radius 3 is 2.35 bits per heavy atom. The van der Waals surface area contributed by atoms with Crippen LogP contribution in [-0.4, -0.2) is 59.8 Å². The minimum absolute atomic E-state index is 0.108. The largest absolute Gasteiger partial charge is 0.352 e. The van der Waals surface area contributed by atoms with Crippen molar-refractivity contribution in [2.24, 2.45) is 0 Å². The van der Waals surface area contributed by atoms with Gasteiger partial charge in [0.1, 0.15) is 0 Å². The highest BCUT2D eigenvalue weighted by molar-refractivity contribution is 6.07. The van der Waals surface area contributed by atoms with Crippen LogP contribution in [0.25, 0.3) is 10.8 Å². The van der Waals surface area contributed by atoms with Crippen LogP contribution in [-0.2, 0) is 0 Å². The lowest BCUT2D eigenvalue weighted by Gasteiger charge is -2.36. The van der Waals surface area contributed by atoms with Gasteiger partial charge in [0.25, 0.3) is 5.91 Å². The average molecular weight is 416 g/mol. The monoisotopic (exact) mass is 415 g/mol. The van der Waals surface area contributed by atoms with Gasteiger partial charge < -0.3 is 14.7 Å². The molecule has 6 nitrogen and oxygen atoms in total. The maximum atomic E-state index is 13.2. The smallest absolute Gasteiger partial charge is 0.254 e. The zero-order valence-corrected chi connectivity index (χ0v) is 18.1. The highest BCUT2D eigenvalue weighted by Gasteiger charge is 2.25. The Morgan fingerprint density at radius 2 is 1.58 bits per heavy atom. The second kappa shape index (κ2) is 8.53. The molecule has 6 heteroatoms. The third kappa shape index (κ3) is 3.94. The Labute approximate surface area is 183 Å². The van der Waals surface area contributed by atoms with Gasteiger partial charge in [-0.05, 0) is 55.2 Å². The molecule has 2 aliphatic rings. The van der Waals surface area contributed by atoms with Gasteiger partial charge in [0.15, 0.2) is 11.6 Å². The van der Waals surface area contributed by atoms with Gasteiger partial charge in [0.2, 0.25) is 0 Å². The quantitative estimate of drug-likeness (QED) is 0.648. The van der Waals surface area contributed by atoms with Crippen LogP contribution in [0.5, 0.6) is 0 Å². The second-order valence-corrected chi connectivity index (χ2v) is 8.59. The van der Waals surface area contributed by atoms with E-state index in [0.717, 1.165) is 47.6 Å². The molecule has 0 bridgehead atoms. The van der Waals surface area contributed by atoms with Crippen LogP contribution >= 0.6 is 0 Å². The number of anilines is 2. The van der Waals surface area contributed by atoms with E-state index >= 15 is 0 Å². The van der Waals surface area contributed by atoms with Crippen molar-refractivity contribution in [2.45, 2.75) is 32.2 Å². The third-order valence-electron chi connectivity index (χ3n) is 6.64. The van der Waals surface area contributed by atoms with E-state index in [0.29, 0.717) is 19.1 Å². The van der Waals surface area contributed by atoms with Crippen molar-refractivity contribution in [2.75, 3.05) is 42.5 Å². The maximum Gasteiger partial charge on any atom is 0.254 e. The molecular formula is C25H29N5O. The molecule has 0 saturated carbocycles. The van der Waals surface area contributed by atoms with Crippen LogP contribution in [0.2, 0.25) is 0 Å². The lowest BCUT2D eigenvalue weighted by Crippen LogP contribution is -2.49. The SMILES string of the molecule is CC1CCCCN1c1ccc(N2CCN(C(=O)c3cccc4ccccc34)CC2)nn1.